The van der Waals surface area contributed by atoms with Gasteiger partial charge in [0.1, 0.15) is 29.4 Å². The Labute approximate surface area is 211 Å². The molecule has 0 atom stereocenters. The van der Waals surface area contributed by atoms with E-state index in [1.54, 1.807) is 12.1 Å². The number of rotatable bonds is 8. The molecule has 1 aromatic heterocycles. The molecule has 3 aromatic carbocycles. The molecular formula is C31H29NO4. The number of allylic oxidation sites excluding steroid dienone is 2. The van der Waals surface area contributed by atoms with Crippen LogP contribution in [0.3, 0.4) is 0 Å². The lowest BCUT2D eigenvalue weighted by Crippen LogP contribution is -2.27. The number of carbonyl (C=O) groups excluding carboxylic acids is 1. The molecule has 5 heteroatoms. The van der Waals surface area contributed by atoms with Crippen LogP contribution in [0.25, 0.3) is 27.7 Å². The average molecular weight is 480 g/mol. The Morgan fingerprint density at radius 3 is 2.64 bits per heavy atom. The Hall–Kier alpha value is -4.09. The molecule has 5 rings (SSSR count). The molecule has 0 spiro atoms. The normalized spacial score (nSPS) is 12.9. The first-order valence-corrected chi connectivity index (χ1v) is 12.1. The zero-order valence-corrected chi connectivity index (χ0v) is 20.8. The highest BCUT2D eigenvalue weighted by atomic mass is 16.5. The van der Waals surface area contributed by atoms with Gasteiger partial charge in [-0.1, -0.05) is 62.9 Å². The van der Waals surface area contributed by atoms with Crippen LogP contribution in [0.1, 0.15) is 42.5 Å². The van der Waals surface area contributed by atoms with E-state index in [4.69, 9.17) is 13.9 Å². The van der Waals surface area contributed by atoms with Gasteiger partial charge in [-0.15, -0.1) is 0 Å². The lowest BCUT2D eigenvalue weighted by molar-refractivity contribution is 0.101. The average Bonchev–Trinajstić information content (AvgIpc) is 3.27. The molecule has 2 heterocycles. The van der Waals surface area contributed by atoms with Gasteiger partial charge in [0, 0.05) is 29.3 Å². The molecule has 0 aliphatic carbocycles. The molecule has 4 aromatic rings. The number of ether oxygens (including phenoxy) is 2. The highest BCUT2D eigenvalue weighted by molar-refractivity contribution is 6.17. The van der Waals surface area contributed by atoms with Gasteiger partial charge in [-0.05, 0) is 48.4 Å². The van der Waals surface area contributed by atoms with E-state index in [-0.39, 0.29) is 11.5 Å². The van der Waals surface area contributed by atoms with E-state index >= 15 is 0 Å². The zero-order chi connectivity index (χ0) is 25.2. The van der Waals surface area contributed by atoms with Gasteiger partial charge in [-0.25, -0.2) is 0 Å². The summed E-state index contributed by atoms with van der Waals surface area (Å²) >= 11 is 0. The monoisotopic (exact) mass is 479 g/mol. The fraction of sp³-hybridized carbons (Fsp3) is 0.194. The van der Waals surface area contributed by atoms with Crippen molar-refractivity contribution in [1.29, 1.82) is 0 Å². The van der Waals surface area contributed by atoms with Crippen LogP contribution in [0.5, 0.6) is 11.5 Å². The Morgan fingerprint density at radius 2 is 1.86 bits per heavy atom. The zero-order valence-electron chi connectivity index (χ0n) is 20.8. The van der Waals surface area contributed by atoms with E-state index in [2.05, 4.69) is 25.7 Å². The highest BCUT2D eigenvalue weighted by Crippen LogP contribution is 2.46. The lowest BCUT2D eigenvalue weighted by Gasteiger charge is -2.18. The smallest absolute Gasteiger partial charge is 0.229 e. The van der Waals surface area contributed by atoms with E-state index in [1.807, 2.05) is 67.6 Å². The Bertz CT molecular complexity index is 1480. The minimum Gasteiger partial charge on any atom is -0.492 e. The van der Waals surface area contributed by atoms with Crippen molar-refractivity contribution in [2.75, 3.05) is 13.2 Å². The Balaban J connectivity index is 1.60. The third-order valence-corrected chi connectivity index (χ3v) is 6.13. The first-order valence-electron chi connectivity index (χ1n) is 12.1. The number of hydrogen-bond acceptors (Lipinski definition) is 5. The number of ketones is 1. The summed E-state index contributed by atoms with van der Waals surface area (Å²) in [5.41, 5.74) is 4.68. The van der Waals surface area contributed by atoms with Crippen molar-refractivity contribution in [3.05, 3.63) is 102 Å². The summed E-state index contributed by atoms with van der Waals surface area (Å²) < 4.78 is 18.2. The molecule has 1 aliphatic rings. The summed E-state index contributed by atoms with van der Waals surface area (Å²) in [6, 6.07) is 21.3. The summed E-state index contributed by atoms with van der Waals surface area (Å²) in [6.07, 6.45) is 1.91. The summed E-state index contributed by atoms with van der Waals surface area (Å²) in [5.74, 6) is 1.91. The first kappa shape index (κ1) is 23.6. The number of furan rings is 1. The van der Waals surface area contributed by atoms with Crippen LogP contribution >= 0.6 is 0 Å². The summed E-state index contributed by atoms with van der Waals surface area (Å²) in [6.45, 7) is 11.4. The number of hydrogen-bond donors (Lipinski definition) is 1. The Kier molecular flexibility index (Phi) is 6.49. The number of carbonyl (C=O) groups is 1. The van der Waals surface area contributed by atoms with Crippen LogP contribution in [-0.4, -0.2) is 25.0 Å². The second kappa shape index (κ2) is 9.88. The van der Waals surface area contributed by atoms with Crippen molar-refractivity contribution >= 4 is 22.3 Å². The molecule has 1 aliphatic heterocycles. The highest BCUT2D eigenvalue weighted by Gasteiger charge is 2.28. The molecule has 0 fully saturated rings. The van der Waals surface area contributed by atoms with Crippen molar-refractivity contribution in [1.82, 2.24) is 5.32 Å². The van der Waals surface area contributed by atoms with Crippen LogP contribution in [-0.2, 0) is 0 Å². The van der Waals surface area contributed by atoms with Crippen LogP contribution in [0.2, 0.25) is 0 Å². The van der Waals surface area contributed by atoms with Gasteiger partial charge in [0.2, 0.25) is 5.78 Å². The maximum atomic E-state index is 13.8. The molecule has 0 saturated heterocycles. The molecule has 182 valence electrons. The largest absolute Gasteiger partial charge is 0.492 e. The van der Waals surface area contributed by atoms with Gasteiger partial charge >= 0.3 is 0 Å². The molecule has 0 saturated carbocycles. The van der Waals surface area contributed by atoms with E-state index in [1.165, 1.54) is 0 Å². The van der Waals surface area contributed by atoms with Gasteiger partial charge in [-0.3, -0.25) is 4.79 Å². The third-order valence-electron chi connectivity index (χ3n) is 6.13. The van der Waals surface area contributed by atoms with Gasteiger partial charge in [0.15, 0.2) is 5.76 Å². The third kappa shape index (κ3) is 4.58. The topological polar surface area (TPSA) is 60.7 Å². The van der Waals surface area contributed by atoms with Crippen LogP contribution in [0.4, 0.5) is 0 Å². The second-order valence-corrected chi connectivity index (χ2v) is 9.20. The number of nitrogens with one attached hydrogen (secondary N) is 1. The fourth-order valence-corrected chi connectivity index (χ4v) is 4.47. The van der Waals surface area contributed by atoms with Crippen LogP contribution < -0.4 is 14.8 Å². The minimum atomic E-state index is -0.216. The lowest BCUT2D eigenvalue weighted by atomic mass is 9.94. The van der Waals surface area contributed by atoms with Crippen molar-refractivity contribution < 1.29 is 18.7 Å². The minimum absolute atomic E-state index is 0.216. The van der Waals surface area contributed by atoms with Crippen molar-refractivity contribution in [2.24, 2.45) is 0 Å². The van der Waals surface area contributed by atoms with E-state index < -0.39 is 0 Å². The van der Waals surface area contributed by atoms with E-state index in [0.717, 1.165) is 28.6 Å². The van der Waals surface area contributed by atoms with Crippen LogP contribution in [0, 0.1) is 0 Å². The molecule has 0 unspecified atom stereocenters. The standard InChI is InChI=1S/C31H29NO4/c1-19(2)32-15-16-34-24-12-8-11-23(18-24)29(33)31-27(22-9-6-5-7-10-22)28-26(36-31)14-13-25-20(3)17-21(4)35-30(25)28/h5-14,17-19,32H,4,15-16H2,1-3H3. The summed E-state index contributed by atoms with van der Waals surface area (Å²) in [7, 11) is 0. The second-order valence-electron chi connectivity index (χ2n) is 9.20. The van der Waals surface area contributed by atoms with Gasteiger partial charge < -0.3 is 19.2 Å². The number of benzene rings is 3. The van der Waals surface area contributed by atoms with E-state index in [9.17, 15) is 4.79 Å². The van der Waals surface area contributed by atoms with Gasteiger partial charge in [-0.2, -0.15) is 0 Å². The SMILES string of the molecule is C=C1C=C(C)c2ccc3oc(C(=O)c4cccc(OCCNC(C)C)c4)c(-c4ccccc4)c3c2O1. The predicted octanol–water partition coefficient (Wildman–Crippen LogP) is 7.02. The van der Waals surface area contributed by atoms with Crippen molar-refractivity contribution in [3.8, 4) is 22.6 Å². The summed E-state index contributed by atoms with van der Waals surface area (Å²) in [4.78, 5) is 13.8. The summed E-state index contributed by atoms with van der Waals surface area (Å²) in [5, 5.41) is 4.09. The molecule has 0 bridgehead atoms. The predicted molar refractivity (Wildman–Crippen MR) is 144 cm³/mol. The van der Waals surface area contributed by atoms with Crippen molar-refractivity contribution in [3.63, 3.8) is 0 Å². The molecule has 1 N–H and O–H groups in total. The molecule has 0 amide bonds. The Morgan fingerprint density at radius 1 is 1.06 bits per heavy atom. The first-order chi connectivity index (χ1) is 17.4. The fourth-order valence-electron chi connectivity index (χ4n) is 4.47. The van der Waals surface area contributed by atoms with Gasteiger partial charge in [0.25, 0.3) is 0 Å². The van der Waals surface area contributed by atoms with Gasteiger partial charge in [0.05, 0.1) is 5.39 Å². The van der Waals surface area contributed by atoms with E-state index in [0.29, 0.717) is 46.6 Å². The molecule has 0 radical (unpaired) electrons. The molecule has 5 nitrogen and oxygen atoms in total. The molecule has 36 heavy (non-hydrogen) atoms. The quantitative estimate of drug-likeness (QED) is 0.217. The van der Waals surface area contributed by atoms with Crippen molar-refractivity contribution in [2.45, 2.75) is 26.8 Å². The maximum absolute atomic E-state index is 13.8. The number of fused-ring (bicyclic) bond motifs is 3. The maximum Gasteiger partial charge on any atom is 0.229 e. The molecular weight excluding hydrogens is 450 g/mol. The van der Waals surface area contributed by atoms with Crippen LogP contribution in [0.15, 0.2) is 89.6 Å².